The van der Waals surface area contributed by atoms with E-state index in [0.717, 1.165) is 12.0 Å². The maximum atomic E-state index is 5.56. The Morgan fingerprint density at radius 3 is 2.75 bits per heavy atom. The molecule has 132 valence electrons. The van der Waals surface area contributed by atoms with Gasteiger partial charge in [0, 0.05) is 18.5 Å². The Morgan fingerprint density at radius 1 is 1.29 bits per heavy atom. The lowest BCUT2D eigenvalue weighted by Gasteiger charge is -2.09. The number of rotatable bonds is 8. The van der Waals surface area contributed by atoms with Crippen LogP contribution in [0, 0.1) is 0 Å². The second kappa shape index (κ2) is 9.95. The average molecular weight is 354 g/mol. The number of benzene rings is 1. The van der Waals surface area contributed by atoms with Gasteiger partial charge in [0.05, 0.1) is 13.7 Å². The second-order valence-electron chi connectivity index (χ2n) is 5.12. The summed E-state index contributed by atoms with van der Waals surface area (Å²) >= 11 is 0. The molecule has 1 atom stereocenters. The first kappa shape index (κ1) is 20.0. The number of ether oxygens (including phenoxy) is 2. The van der Waals surface area contributed by atoms with Crippen LogP contribution in [0.25, 0.3) is 12.2 Å². The lowest BCUT2D eigenvalue weighted by atomic mass is 10.2. The van der Waals surface area contributed by atoms with Gasteiger partial charge in [-0.05, 0) is 44.7 Å². The van der Waals surface area contributed by atoms with Gasteiger partial charge in [0.2, 0.25) is 0 Å². The fraction of sp³-hybridized carbons (Fsp3) is 0.412. The van der Waals surface area contributed by atoms with Gasteiger partial charge in [-0.3, -0.25) is 0 Å². The number of nitrogens with zero attached hydrogens (tertiary/aromatic N) is 2. The van der Waals surface area contributed by atoms with E-state index in [-0.39, 0.29) is 12.4 Å². The quantitative estimate of drug-likeness (QED) is 0.785. The maximum Gasteiger partial charge on any atom is 0.250 e. The molecule has 0 fully saturated rings. The lowest BCUT2D eigenvalue weighted by molar-refractivity contribution is 0.311. The zero-order valence-electron chi connectivity index (χ0n) is 14.4. The van der Waals surface area contributed by atoms with E-state index in [1.165, 1.54) is 0 Å². The van der Waals surface area contributed by atoms with Crippen molar-refractivity contribution in [2.24, 2.45) is 0 Å². The predicted molar refractivity (Wildman–Crippen MR) is 96.9 cm³/mol. The monoisotopic (exact) mass is 353 g/mol. The van der Waals surface area contributed by atoms with Crippen molar-refractivity contribution < 1.29 is 14.0 Å². The minimum absolute atomic E-state index is 0. The molecule has 2 aromatic rings. The Labute approximate surface area is 148 Å². The fourth-order valence-electron chi connectivity index (χ4n) is 2.03. The third-order valence-electron chi connectivity index (χ3n) is 3.37. The Kier molecular flexibility index (Phi) is 8.29. The van der Waals surface area contributed by atoms with Gasteiger partial charge in [0.15, 0.2) is 17.3 Å². The van der Waals surface area contributed by atoms with Crippen molar-refractivity contribution in [3.8, 4) is 11.5 Å². The van der Waals surface area contributed by atoms with Crippen LogP contribution in [0.4, 0.5) is 0 Å². The highest BCUT2D eigenvalue weighted by molar-refractivity contribution is 5.85. The molecule has 1 heterocycles. The smallest absolute Gasteiger partial charge is 0.250 e. The summed E-state index contributed by atoms with van der Waals surface area (Å²) in [6, 6.07) is 6.04. The van der Waals surface area contributed by atoms with Crippen molar-refractivity contribution in [2.45, 2.75) is 26.3 Å². The Morgan fingerprint density at radius 2 is 2.08 bits per heavy atom. The molecule has 0 saturated heterocycles. The molecule has 1 unspecified atom stereocenters. The van der Waals surface area contributed by atoms with Crippen molar-refractivity contribution in [1.82, 2.24) is 15.5 Å². The van der Waals surface area contributed by atoms with E-state index >= 15 is 0 Å². The summed E-state index contributed by atoms with van der Waals surface area (Å²) in [5.74, 6) is 2.60. The molecular formula is C17H24ClN3O3. The molecule has 2 rings (SSSR count). The predicted octanol–water partition coefficient (Wildman–Crippen LogP) is 3.22. The van der Waals surface area contributed by atoms with E-state index in [1.54, 1.807) is 13.2 Å². The Hall–Kier alpha value is -2.05. The Bertz CT molecular complexity index is 658. The largest absolute Gasteiger partial charge is 0.493 e. The van der Waals surface area contributed by atoms with E-state index in [2.05, 4.69) is 22.4 Å². The van der Waals surface area contributed by atoms with Crippen LogP contribution < -0.4 is 14.8 Å². The van der Waals surface area contributed by atoms with Crippen LogP contribution in [0.2, 0.25) is 0 Å². The maximum absolute atomic E-state index is 5.56. The SMILES string of the molecule is CCOc1cc(/C=C/c2nc(CC(C)NC)no2)ccc1OC.Cl. The van der Waals surface area contributed by atoms with Gasteiger partial charge in [-0.25, -0.2) is 0 Å². The van der Waals surface area contributed by atoms with Crippen LogP contribution >= 0.6 is 12.4 Å². The summed E-state index contributed by atoms with van der Waals surface area (Å²) in [4.78, 5) is 4.35. The molecule has 0 aliphatic heterocycles. The summed E-state index contributed by atoms with van der Waals surface area (Å²) in [6.45, 7) is 4.59. The molecule has 0 bridgehead atoms. The van der Waals surface area contributed by atoms with E-state index in [4.69, 9.17) is 14.0 Å². The van der Waals surface area contributed by atoms with Gasteiger partial charge in [-0.1, -0.05) is 11.2 Å². The van der Waals surface area contributed by atoms with Crippen LogP contribution in [0.3, 0.4) is 0 Å². The number of likely N-dealkylation sites (N-methyl/N-ethyl adjacent to an activating group) is 1. The molecule has 0 amide bonds. The van der Waals surface area contributed by atoms with E-state index in [1.807, 2.05) is 38.2 Å². The normalized spacial score (nSPS) is 12.0. The number of nitrogens with one attached hydrogen (secondary N) is 1. The van der Waals surface area contributed by atoms with Crippen molar-refractivity contribution in [1.29, 1.82) is 0 Å². The van der Waals surface area contributed by atoms with Gasteiger partial charge in [0.1, 0.15) is 0 Å². The molecule has 0 radical (unpaired) electrons. The van der Waals surface area contributed by atoms with Crippen LogP contribution in [0.1, 0.15) is 31.1 Å². The first-order valence-electron chi connectivity index (χ1n) is 7.65. The molecule has 0 spiro atoms. The van der Waals surface area contributed by atoms with E-state index < -0.39 is 0 Å². The molecule has 0 saturated carbocycles. The van der Waals surface area contributed by atoms with Gasteiger partial charge >= 0.3 is 0 Å². The first-order chi connectivity index (χ1) is 11.2. The minimum atomic E-state index is 0. The molecule has 1 N–H and O–H groups in total. The van der Waals surface area contributed by atoms with E-state index in [9.17, 15) is 0 Å². The molecule has 6 nitrogen and oxygen atoms in total. The first-order valence-corrected chi connectivity index (χ1v) is 7.65. The van der Waals surface area contributed by atoms with Crippen molar-refractivity contribution in [2.75, 3.05) is 20.8 Å². The van der Waals surface area contributed by atoms with Crippen LogP contribution in [0.15, 0.2) is 22.7 Å². The number of aromatic nitrogens is 2. The number of hydrogen-bond acceptors (Lipinski definition) is 6. The molecule has 0 aliphatic carbocycles. The number of methoxy groups -OCH3 is 1. The molecular weight excluding hydrogens is 330 g/mol. The zero-order chi connectivity index (χ0) is 16.7. The topological polar surface area (TPSA) is 69.4 Å². The second-order valence-corrected chi connectivity index (χ2v) is 5.12. The third-order valence-corrected chi connectivity index (χ3v) is 3.37. The highest BCUT2D eigenvalue weighted by Crippen LogP contribution is 2.28. The molecule has 1 aromatic carbocycles. The third kappa shape index (κ3) is 5.54. The van der Waals surface area contributed by atoms with Crippen LogP contribution in [-0.4, -0.2) is 36.9 Å². The summed E-state index contributed by atoms with van der Waals surface area (Å²) < 4.78 is 16.1. The molecule has 7 heteroatoms. The minimum Gasteiger partial charge on any atom is -0.493 e. The van der Waals surface area contributed by atoms with Crippen molar-refractivity contribution >= 4 is 24.6 Å². The number of halogens is 1. The van der Waals surface area contributed by atoms with Gasteiger partial charge in [-0.2, -0.15) is 4.98 Å². The van der Waals surface area contributed by atoms with Crippen LogP contribution in [0.5, 0.6) is 11.5 Å². The summed E-state index contributed by atoms with van der Waals surface area (Å²) in [5, 5.41) is 7.11. The summed E-state index contributed by atoms with van der Waals surface area (Å²) in [5.41, 5.74) is 0.970. The van der Waals surface area contributed by atoms with E-state index in [0.29, 0.717) is 35.9 Å². The highest BCUT2D eigenvalue weighted by atomic mass is 35.5. The van der Waals surface area contributed by atoms with Crippen molar-refractivity contribution in [3.63, 3.8) is 0 Å². The van der Waals surface area contributed by atoms with Gasteiger partial charge in [0.25, 0.3) is 5.89 Å². The standard InChI is InChI=1S/C17H23N3O3.ClH/c1-5-22-15-11-13(6-8-14(15)21-4)7-9-17-19-16(20-23-17)10-12(2)18-3;/h6-9,11-12,18H,5,10H2,1-4H3;1H/b9-7+;. The Balaban J connectivity index is 0.00000288. The zero-order valence-corrected chi connectivity index (χ0v) is 15.2. The number of hydrogen-bond donors (Lipinski definition) is 1. The lowest BCUT2D eigenvalue weighted by Crippen LogP contribution is -2.24. The summed E-state index contributed by atoms with van der Waals surface area (Å²) in [7, 11) is 3.53. The molecule has 1 aromatic heterocycles. The van der Waals surface area contributed by atoms with Gasteiger partial charge < -0.3 is 19.3 Å². The fourth-order valence-corrected chi connectivity index (χ4v) is 2.03. The molecule has 0 aliphatic rings. The molecule has 24 heavy (non-hydrogen) atoms. The van der Waals surface area contributed by atoms with Gasteiger partial charge in [-0.15, -0.1) is 12.4 Å². The highest BCUT2D eigenvalue weighted by Gasteiger charge is 2.08. The van der Waals surface area contributed by atoms with Crippen molar-refractivity contribution in [3.05, 3.63) is 35.5 Å². The van der Waals surface area contributed by atoms with Crippen LogP contribution in [-0.2, 0) is 6.42 Å². The average Bonchev–Trinajstić information content (AvgIpc) is 3.00. The summed E-state index contributed by atoms with van der Waals surface area (Å²) in [6.07, 6.45) is 4.42.